The van der Waals surface area contributed by atoms with Crippen molar-refractivity contribution in [3.63, 3.8) is 0 Å². The summed E-state index contributed by atoms with van der Waals surface area (Å²) in [4.78, 5) is 10.2. The number of pyridine rings is 1. The van der Waals surface area contributed by atoms with Gasteiger partial charge in [-0.3, -0.25) is 0 Å². The maximum Gasteiger partial charge on any atom is 0.324 e. The number of hydrogen-bond acceptors (Lipinski definition) is 8. The van der Waals surface area contributed by atoms with Crippen molar-refractivity contribution in [3.8, 4) is 11.8 Å². The van der Waals surface area contributed by atoms with Crippen LogP contribution in [0.1, 0.15) is 63.9 Å². The molecule has 0 amide bonds. The van der Waals surface area contributed by atoms with E-state index in [1.54, 1.807) is 18.3 Å². The SMILES string of the molecule is CC(C)(F)c1noc(N2CCC(O[C@H]3CC[C@H](Oc4cccnc4C#N)CC3)CC2)n1. The lowest BCUT2D eigenvalue weighted by Crippen LogP contribution is -2.40. The highest BCUT2D eigenvalue weighted by Crippen LogP contribution is 2.30. The molecule has 0 radical (unpaired) electrons. The van der Waals surface area contributed by atoms with Crippen molar-refractivity contribution >= 4 is 6.01 Å². The molecule has 2 aromatic heterocycles. The van der Waals surface area contributed by atoms with Gasteiger partial charge >= 0.3 is 6.01 Å². The fourth-order valence-electron chi connectivity index (χ4n) is 4.08. The molecule has 0 unspecified atom stereocenters. The maximum absolute atomic E-state index is 14.0. The zero-order valence-corrected chi connectivity index (χ0v) is 18.0. The summed E-state index contributed by atoms with van der Waals surface area (Å²) in [7, 11) is 0. The Labute approximate surface area is 181 Å². The predicted octanol–water partition coefficient (Wildman–Crippen LogP) is 3.92. The molecule has 1 aliphatic heterocycles. The van der Waals surface area contributed by atoms with Gasteiger partial charge in [0.1, 0.15) is 6.07 Å². The lowest BCUT2D eigenvalue weighted by atomic mass is 9.94. The van der Waals surface area contributed by atoms with E-state index in [-0.39, 0.29) is 24.1 Å². The number of aromatic nitrogens is 3. The number of nitriles is 1. The van der Waals surface area contributed by atoms with Crippen LogP contribution in [0.5, 0.6) is 5.75 Å². The van der Waals surface area contributed by atoms with Gasteiger partial charge in [-0.15, -0.1) is 0 Å². The van der Waals surface area contributed by atoms with E-state index in [2.05, 4.69) is 21.2 Å². The number of alkyl halides is 1. The van der Waals surface area contributed by atoms with Crippen molar-refractivity contribution in [2.45, 2.75) is 76.4 Å². The summed E-state index contributed by atoms with van der Waals surface area (Å²) in [6, 6.07) is 6.03. The van der Waals surface area contributed by atoms with Crippen LogP contribution in [0.2, 0.25) is 0 Å². The Morgan fingerprint density at radius 1 is 1.13 bits per heavy atom. The molecule has 3 heterocycles. The van der Waals surface area contributed by atoms with E-state index in [1.165, 1.54) is 13.8 Å². The highest BCUT2D eigenvalue weighted by molar-refractivity contribution is 5.36. The number of ether oxygens (including phenoxy) is 2. The molecular formula is C22H28FN5O3. The third-order valence-electron chi connectivity index (χ3n) is 5.84. The summed E-state index contributed by atoms with van der Waals surface area (Å²) in [5.41, 5.74) is -1.28. The molecule has 9 heteroatoms. The predicted molar refractivity (Wildman–Crippen MR) is 110 cm³/mol. The second-order valence-corrected chi connectivity index (χ2v) is 8.67. The Hall–Kier alpha value is -2.73. The quantitative estimate of drug-likeness (QED) is 0.682. The van der Waals surface area contributed by atoms with Gasteiger partial charge in [-0.25, -0.2) is 9.37 Å². The fourth-order valence-corrected chi connectivity index (χ4v) is 4.08. The minimum atomic E-state index is -1.61. The first kappa shape index (κ1) is 21.5. The average Bonchev–Trinajstić information content (AvgIpc) is 3.27. The highest BCUT2D eigenvalue weighted by Gasteiger charge is 2.31. The summed E-state index contributed by atoms with van der Waals surface area (Å²) in [5, 5.41) is 12.9. The average molecular weight is 429 g/mol. The number of nitrogens with zero attached hydrogens (tertiary/aromatic N) is 5. The number of halogens is 1. The molecule has 166 valence electrons. The lowest BCUT2D eigenvalue weighted by molar-refractivity contribution is -0.0530. The summed E-state index contributed by atoms with van der Waals surface area (Å²) < 4.78 is 31.6. The van der Waals surface area contributed by atoms with Gasteiger partial charge in [0.2, 0.25) is 5.82 Å². The zero-order chi connectivity index (χ0) is 21.8. The molecule has 1 aliphatic carbocycles. The van der Waals surface area contributed by atoms with E-state index >= 15 is 0 Å². The molecule has 2 fully saturated rings. The van der Waals surface area contributed by atoms with E-state index in [4.69, 9.17) is 19.3 Å². The van der Waals surface area contributed by atoms with Crippen LogP contribution < -0.4 is 9.64 Å². The summed E-state index contributed by atoms with van der Waals surface area (Å²) in [6.45, 7) is 4.33. The molecule has 4 rings (SSSR count). The van der Waals surface area contributed by atoms with Crippen molar-refractivity contribution in [2.24, 2.45) is 0 Å². The van der Waals surface area contributed by atoms with Crippen LogP contribution in [0.15, 0.2) is 22.9 Å². The number of anilines is 1. The Kier molecular flexibility index (Phi) is 6.37. The van der Waals surface area contributed by atoms with E-state index < -0.39 is 5.67 Å². The van der Waals surface area contributed by atoms with Crippen molar-refractivity contribution < 1.29 is 18.4 Å². The number of rotatable bonds is 6. The molecule has 0 bridgehead atoms. The Morgan fingerprint density at radius 3 is 2.45 bits per heavy atom. The minimum absolute atomic E-state index is 0.0769. The second kappa shape index (κ2) is 9.18. The maximum atomic E-state index is 14.0. The van der Waals surface area contributed by atoms with Gasteiger partial charge in [0.05, 0.1) is 18.3 Å². The van der Waals surface area contributed by atoms with Crippen LogP contribution in [-0.4, -0.2) is 46.5 Å². The lowest BCUT2D eigenvalue weighted by Gasteiger charge is -2.35. The third kappa shape index (κ3) is 5.31. The molecule has 2 aromatic rings. The zero-order valence-electron chi connectivity index (χ0n) is 18.0. The van der Waals surface area contributed by atoms with Crippen LogP contribution in [0, 0.1) is 11.3 Å². The molecule has 8 nitrogen and oxygen atoms in total. The Morgan fingerprint density at radius 2 is 1.81 bits per heavy atom. The smallest absolute Gasteiger partial charge is 0.324 e. The summed E-state index contributed by atoms with van der Waals surface area (Å²) in [5.74, 6) is 0.634. The Bertz CT molecular complexity index is 906. The van der Waals surface area contributed by atoms with Crippen LogP contribution in [0.25, 0.3) is 0 Å². The molecule has 31 heavy (non-hydrogen) atoms. The highest BCUT2D eigenvalue weighted by atomic mass is 19.1. The van der Waals surface area contributed by atoms with Gasteiger partial charge in [-0.2, -0.15) is 10.2 Å². The first-order valence-corrected chi connectivity index (χ1v) is 10.9. The van der Waals surface area contributed by atoms with Gasteiger partial charge in [-0.05, 0) is 64.5 Å². The van der Waals surface area contributed by atoms with Gasteiger partial charge in [-0.1, -0.05) is 5.16 Å². The van der Waals surface area contributed by atoms with Gasteiger partial charge < -0.3 is 18.9 Å². The minimum Gasteiger partial charge on any atom is -0.487 e. The first-order chi connectivity index (χ1) is 14.9. The molecule has 0 aromatic carbocycles. The second-order valence-electron chi connectivity index (χ2n) is 8.67. The number of piperidine rings is 1. The molecule has 1 saturated heterocycles. The van der Waals surface area contributed by atoms with Gasteiger partial charge in [0.25, 0.3) is 0 Å². The van der Waals surface area contributed by atoms with Crippen LogP contribution >= 0.6 is 0 Å². The van der Waals surface area contributed by atoms with Gasteiger partial charge in [0.15, 0.2) is 17.1 Å². The third-order valence-corrected chi connectivity index (χ3v) is 5.84. The van der Waals surface area contributed by atoms with E-state index in [1.807, 2.05) is 4.90 Å². The van der Waals surface area contributed by atoms with Gasteiger partial charge in [0, 0.05) is 19.3 Å². The topological polar surface area (TPSA) is 97.3 Å². The molecule has 2 aliphatic rings. The van der Waals surface area contributed by atoms with E-state index in [0.29, 0.717) is 17.5 Å². The van der Waals surface area contributed by atoms with Crippen LogP contribution in [-0.2, 0) is 10.4 Å². The van der Waals surface area contributed by atoms with E-state index in [0.717, 1.165) is 51.6 Å². The monoisotopic (exact) mass is 429 g/mol. The van der Waals surface area contributed by atoms with Crippen LogP contribution in [0.3, 0.4) is 0 Å². The first-order valence-electron chi connectivity index (χ1n) is 10.9. The van der Waals surface area contributed by atoms with Crippen molar-refractivity contribution in [1.29, 1.82) is 5.26 Å². The standard InChI is InChI=1S/C22H28FN5O3/c1-22(2,23)20-26-21(31-27-20)28-12-9-17(10-13-28)29-15-5-7-16(8-6-15)30-19-4-3-11-25-18(19)14-24/h3-4,11,15-17H,5-10,12-13H2,1-2H3/t15-,16-. The van der Waals surface area contributed by atoms with Crippen molar-refractivity contribution in [2.75, 3.05) is 18.0 Å². The summed E-state index contributed by atoms with van der Waals surface area (Å²) in [6.07, 6.45) is 7.51. The van der Waals surface area contributed by atoms with Crippen molar-refractivity contribution in [3.05, 3.63) is 29.8 Å². The van der Waals surface area contributed by atoms with Crippen LogP contribution in [0.4, 0.5) is 10.4 Å². The molecule has 0 N–H and O–H groups in total. The normalized spacial score (nSPS) is 22.8. The largest absolute Gasteiger partial charge is 0.487 e. The Balaban J connectivity index is 1.21. The molecular weight excluding hydrogens is 401 g/mol. The molecule has 1 saturated carbocycles. The summed E-state index contributed by atoms with van der Waals surface area (Å²) >= 11 is 0. The van der Waals surface area contributed by atoms with E-state index in [9.17, 15) is 4.39 Å². The fraction of sp³-hybridized carbons (Fsp3) is 0.636. The molecule has 0 spiro atoms. The van der Waals surface area contributed by atoms with Crippen molar-refractivity contribution in [1.82, 2.24) is 15.1 Å². The molecule has 0 atom stereocenters. The number of hydrogen-bond donors (Lipinski definition) is 0.